The molecule has 0 fully saturated rings. The lowest BCUT2D eigenvalue weighted by Crippen LogP contribution is -2.46. The van der Waals surface area contributed by atoms with Gasteiger partial charge in [0.25, 0.3) is 0 Å². The van der Waals surface area contributed by atoms with Crippen molar-refractivity contribution in [3.8, 4) is 0 Å². The maximum atomic E-state index is 13.1. The number of carbonyl (C=O) groups excluding carboxylic acids is 2. The molecule has 55 heavy (non-hydrogen) atoms. The number of unbranched alkanes of at least 4 members (excludes halogenated alkanes) is 23. The smallest absolute Gasteiger partial charge is 0.306 e. The summed E-state index contributed by atoms with van der Waals surface area (Å²) in [5, 5.41) is 23.6. The van der Waals surface area contributed by atoms with E-state index < -0.39 is 18.2 Å². The first-order valence-corrected chi connectivity index (χ1v) is 23.4. The minimum absolute atomic E-state index is 0.0579. The molecular formula is C49H89NO5. The van der Waals surface area contributed by atoms with Crippen LogP contribution in [0, 0.1) is 0 Å². The summed E-state index contributed by atoms with van der Waals surface area (Å²) >= 11 is 0. The summed E-state index contributed by atoms with van der Waals surface area (Å²) < 4.78 is 5.89. The third-order valence-corrected chi connectivity index (χ3v) is 10.5. The van der Waals surface area contributed by atoms with Crippen LogP contribution in [-0.4, -0.2) is 46.9 Å². The zero-order valence-corrected chi connectivity index (χ0v) is 36.3. The van der Waals surface area contributed by atoms with Crippen molar-refractivity contribution in [2.24, 2.45) is 0 Å². The Morgan fingerprint density at radius 1 is 0.545 bits per heavy atom. The van der Waals surface area contributed by atoms with Crippen molar-refractivity contribution in [3.63, 3.8) is 0 Å². The predicted molar refractivity (Wildman–Crippen MR) is 236 cm³/mol. The molecule has 1 amide bonds. The van der Waals surface area contributed by atoms with Crippen LogP contribution in [-0.2, 0) is 14.3 Å². The van der Waals surface area contributed by atoms with Crippen molar-refractivity contribution < 1.29 is 24.5 Å². The van der Waals surface area contributed by atoms with Crippen LogP contribution in [0.2, 0.25) is 0 Å². The van der Waals surface area contributed by atoms with E-state index in [1.54, 1.807) is 0 Å². The molecule has 3 N–H and O–H groups in total. The molecule has 0 saturated heterocycles. The van der Waals surface area contributed by atoms with Crippen LogP contribution < -0.4 is 5.32 Å². The quantitative estimate of drug-likeness (QED) is 0.0249. The Bertz CT molecular complexity index is 957. The highest BCUT2D eigenvalue weighted by atomic mass is 16.5. The van der Waals surface area contributed by atoms with Gasteiger partial charge in [-0.1, -0.05) is 191 Å². The summed E-state index contributed by atoms with van der Waals surface area (Å²) in [4.78, 5) is 26.0. The monoisotopic (exact) mass is 772 g/mol. The van der Waals surface area contributed by atoms with E-state index in [9.17, 15) is 19.8 Å². The van der Waals surface area contributed by atoms with E-state index in [2.05, 4.69) is 74.7 Å². The van der Waals surface area contributed by atoms with Crippen molar-refractivity contribution in [1.82, 2.24) is 5.32 Å². The van der Waals surface area contributed by atoms with Crippen LogP contribution in [0.4, 0.5) is 0 Å². The van der Waals surface area contributed by atoms with E-state index in [1.807, 2.05) is 0 Å². The molecule has 0 rings (SSSR count). The van der Waals surface area contributed by atoms with E-state index in [0.717, 1.165) is 96.3 Å². The Morgan fingerprint density at radius 3 is 1.53 bits per heavy atom. The Balaban J connectivity index is 4.66. The fourth-order valence-corrected chi connectivity index (χ4v) is 6.89. The lowest BCUT2D eigenvalue weighted by molar-refractivity contribution is -0.151. The second-order valence-corrected chi connectivity index (χ2v) is 15.8. The number of carbonyl (C=O) groups is 2. The molecule has 0 aromatic carbocycles. The Labute approximate surface area is 340 Å². The number of aliphatic hydroxyl groups excluding tert-OH is 2. The number of rotatable bonds is 41. The number of hydrogen-bond acceptors (Lipinski definition) is 5. The van der Waals surface area contributed by atoms with Gasteiger partial charge in [0.05, 0.1) is 25.2 Å². The summed E-state index contributed by atoms with van der Waals surface area (Å²) in [5.41, 5.74) is 0. The Hall–Kier alpha value is -2.18. The summed E-state index contributed by atoms with van der Waals surface area (Å²) in [7, 11) is 0. The number of aliphatic hydroxyl groups is 2. The van der Waals surface area contributed by atoms with Gasteiger partial charge in [-0.05, 0) is 70.6 Å². The highest BCUT2D eigenvalue weighted by Crippen LogP contribution is 2.17. The average molecular weight is 772 g/mol. The summed E-state index contributed by atoms with van der Waals surface area (Å²) in [6.07, 6.45) is 50.2. The number of esters is 1. The van der Waals surface area contributed by atoms with Gasteiger partial charge in [-0.3, -0.25) is 9.59 Å². The Kier molecular flexibility index (Phi) is 41.2. The number of allylic oxidation sites excluding steroid dienone is 8. The zero-order chi connectivity index (χ0) is 40.3. The van der Waals surface area contributed by atoms with Crippen molar-refractivity contribution in [1.29, 1.82) is 0 Å². The van der Waals surface area contributed by atoms with Gasteiger partial charge in [-0.15, -0.1) is 0 Å². The minimum atomic E-state index is -0.793. The number of nitrogens with one attached hydrogen (secondary N) is 1. The average Bonchev–Trinajstić information content (AvgIpc) is 3.18. The number of ether oxygens (including phenoxy) is 1. The normalized spacial score (nSPS) is 13.8. The third kappa shape index (κ3) is 38.5. The lowest BCUT2D eigenvalue weighted by Gasteiger charge is -2.24. The molecule has 0 saturated carbocycles. The van der Waals surface area contributed by atoms with Crippen molar-refractivity contribution in [3.05, 3.63) is 48.6 Å². The van der Waals surface area contributed by atoms with E-state index in [0.29, 0.717) is 19.3 Å². The SMILES string of the molecule is CC/C=C/C=C/C=C/CCCCCCCC(CC(=O)NC(CO)C(O)CCCCCCCCCCCC)OC(=O)CCCCC/C=C\CCCCCCCC. The Morgan fingerprint density at radius 2 is 1.00 bits per heavy atom. The molecule has 0 heterocycles. The third-order valence-electron chi connectivity index (χ3n) is 10.5. The fraction of sp³-hybridized carbons (Fsp3) is 0.796. The molecule has 0 aliphatic heterocycles. The summed E-state index contributed by atoms with van der Waals surface area (Å²) in [5.74, 6) is -0.514. The molecule has 320 valence electrons. The van der Waals surface area contributed by atoms with Crippen LogP contribution >= 0.6 is 0 Å². The van der Waals surface area contributed by atoms with Crippen molar-refractivity contribution in [2.45, 2.75) is 244 Å². The molecule has 0 aliphatic carbocycles. The molecule has 3 atom stereocenters. The highest BCUT2D eigenvalue weighted by molar-refractivity contribution is 5.77. The summed E-state index contributed by atoms with van der Waals surface area (Å²) in [6, 6.07) is -0.709. The van der Waals surface area contributed by atoms with Crippen LogP contribution in [0.3, 0.4) is 0 Å². The fourth-order valence-electron chi connectivity index (χ4n) is 6.89. The van der Waals surface area contributed by atoms with Crippen LogP contribution in [0.5, 0.6) is 0 Å². The molecule has 0 aliphatic rings. The molecule has 3 unspecified atom stereocenters. The molecule has 0 bridgehead atoms. The first kappa shape index (κ1) is 52.8. The molecule has 0 spiro atoms. The van der Waals surface area contributed by atoms with Gasteiger partial charge in [-0.2, -0.15) is 0 Å². The van der Waals surface area contributed by atoms with Crippen LogP contribution in [0.25, 0.3) is 0 Å². The molecule has 6 heteroatoms. The van der Waals surface area contributed by atoms with Gasteiger partial charge >= 0.3 is 5.97 Å². The standard InChI is InChI=1S/C49H89NO5/c1-4-7-10-13-16-19-22-24-26-28-31-34-37-40-45(55-49(54)42-39-36-33-30-27-25-23-20-17-14-11-8-5-2)43-48(53)50-46(44-51)47(52)41-38-35-32-29-21-18-15-12-9-6-3/h7,10,13,16,19,22,25,27,45-47,51-52H,4-6,8-9,11-12,14-15,17-18,20-21,23-24,26,28-44H2,1-3H3,(H,50,53)/b10-7+,16-13+,22-19+,27-25-. The first-order chi connectivity index (χ1) is 27.0. The highest BCUT2D eigenvalue weighted by Gasteiger charge is 2.24. The van der Waals surface area contributed by atoms with E-state index >= 15 is 0 Å². The first-order valence-electron chi connectivity index (χ1n) is 23.4. The molecular weight excluding hydrogens is 683 g/mol. The molecule has 0 aromatic heterocycles. The number of hydrogen-bond donors (Lipinski definition) is 3. The second kappa shape index (κ2) is 43.0. The molecule has 6 nitrogen and oxygen atoms in total. The predicted octanol–water partition coefficient (Wildman–Crippen LogP) is 13.5. The summed E-state index contributed by atoms with van der Waals surface area (Å²) in [6.45, 7) is 6.31. The van der Waals surface area contributed by atoms with Crippen LogP contribution in [0.15, 0.2) is 48.6 Å². The van der Waals surface area contributed by atoms with Gasteiger partial charge < -0.3 is 20.3 Å². The maximum absolute atomic E-state index is 13.1. The van der Waals surface area contributed by atoms with Gasteiger partial charge in [0.2, 0.25) is 5.91 Å². The van der Waals surface area contributed by atoms with Crippen LogP contribution in [0.1, 0.15) is 226 Å². The minimum Gasteiger partial charge on any atom is -0.462 e. The molecule has 0 aromatic rings. The maximum Gasteiger partial charge on any atom is 0.306 e. The van der Waals surface area contributed by atoms with Crippen molar-refractivity contribution >= 4 is 11.9 Å². The zero-order valence-electron chi connectivity index (χ0n) is 36.3. The van der Waals surface area contributed by atoms with E-state index in [-0.39, 0.29) is 24.9 Å². The van der Waals surface area contributed by atoms with E-state index in [1.165, 1.54) is 83.5 Å². The van der Waals surface area contributed by atoms with Gasteiger partial charge in [-0.25, -0.2) is 0 Å². The second-order valence-electron chi connectivity index (χ2n) is 15.8. The van der Waals surface area contributed by atoms with E-state index in [4.69, 9.17) is 4.74 Å². The lowest BCUT2D eigenvalue weighted by atomic mass is 10.0. The van der Waals surface area contributed by atoms with Crippen molar-refractivity contribution in [2.75, 3.05) is 6.61 Å². The molecule has 0 radical (unpaired) electrons. The van der Waals surface area contributed by atoms with Gasteiger partial charge in [0.15, 0.2) is 0 Å². The number of amides is 1. The van der Waals surface area contributed by atoms with Gasteiger partial charge in [0.1, 0.15) is 6.10 Å². The van der Waals surface area contributed by atoms with Gasteiger partial charge in [0, 0.05) is 6.42 Å². The topological polar surface area (TPSA) is 95.9 Å². The largest absolute Gasteiger partial charge is 0.462 e.